The SMILES string of the molecule is CN(CCCC(C)(C)C(N)=S)CC1CCCO1. The highest BCUT2D eigenvalue weighted by atomic mass is 32.1. The third kappa shape index (κ3) is 5.32. The van der Waals surface area contributed by atoms with Gasteiger partial charge in [0.15, 0.2) is 0 Å². The van der Waals surface area contributed by atoms with Crippen molar-refractivity contribution < 1.29 is 4.74 Å². The van der Waals surface area contributed by atoms with Gasteiger partial charge in [-0.05, 0) is 39.3 Å². The molecular formula is C13H26N2OS. The molecule has 0 aromatic carbocycles. The summed E-state index contributed by atoms with van der Waals surface area (Å²) >= 11 is 5.07. The molecule has 0 amide bonds. The first kappa shape index (κ1) is 14.9. The Bertz CT molecular complexity index is 250. The van der Waals surface area contributed by atoms with E-state index in [0.29, 0.717) is 11.1 Å². The molecule has 100 valence electrons. The Morgan fingerprint density at radius 3 is 2.76 bits per heavy atom. The summed E-state index contributed by atoms with van der Waals surface area (Å²) in [6, 6.07) is 0. The maximum atomic E-state index is 5.72. The molecule has 1 rings (SSSR count). The lowest BCUT2D eigenvalue weighted by Gasteiger charge is -2.25. The Labute approximate surface area is 111 Å². The van der Waals surface area contributed by atoms with Crippen molar-refractivity contribution in [3.8, 4) is 0 Å². The van der Waals surface area contributed by atoms with E-state index in [9.17, 15) is 0 Å². The smallest absolute Gasteiger partial charge is 0.0784 e. The van der Waals surface area contributed by atoms with Gasteiger partial charge in [-0.2, -0.15) is 0 Å². The summed E-state index contributed by atoms with van der Waals surface area (Å²) in [5, 5.41) is 0. The maximum absolute atomic E-state index is 5.72. The molecule has 0 aromatic heterocycles. The molecule has 17 heavy (non-hydrogen) atoms. The van der Waals surface area contributed by atoms with Crippen LogP contribution in [0, 0.1) is 5.41 Å². The van der Waals surface area contributed by atoms with Crippen molar-refractivity contribution in [3.63, 3.8) is 0 Å². The van der Waals surface area contributed by atoms with E-state index in [2.05, 4.69) is 25.8 Å². The summed E-state index contributed by atoms with van der Waals surface area (Å²) in [4.78, 5) is 2.98. The first-order valence-corrected chi connectivity index (χ1v) is 6.93. The highest BCUT2D eigenvalue weighted by Gasteiger charge is 2.21. The van der Waals surface area contributed by atoms with Crippen LogP contribution >= 0.6 is 12.2 Å². The number of likely N-dealkylation sites (N-methyl/N-ethyl adjacent to an activating group) is 1. The minimum Gasteiger partial charge on any atom is -0.393 e. The molecule has 0 saturated carbocycles. The van der Waals surface area contributed by atoms with Crippen LogP contribution in [0.25, 0.3) is 0 Å². The summed E-state index contributed by atoms with van der Waals surface area (Å²) in [5.74, 6) is 0. The van der Waals surface area contributed by atoms with Gasteiger partial charge in [0.1, 0.15) is 0 Å². The number of hydrogen-bond donors (Lipinski definition) is 1. The lowest BCUT2D eigenvalue weighted by molar-refractivity contribution is 0.0803. The maximum Gasteiger partial charge on any atom is 0.0784 e. The van der Waals surface area contributed by atoms with Crippen LogP contribution in [0.2, 0.25) is 0 Å². The second-order valence-electron chi connectivity index (χ2n) is 5.75. The van der Waals surface area contributed by atoms with Crippen LogP contribution in [0.4, 0.5) is 0 Å². The first-order chi connectivity index (χ1) is 7.92. The van der Waals surface area contributed by atoms with Crippen LogP contribution in [-0.4, -0.2) is 42.7 Å². The molecular weight excluding hydrogens is 232 g/mol. The Hall–Kier alpha value is -0.190. The van der Waals surface area contributed by atoms with Crippen LogP contribution in [0.3, 0.4) is 0 Å². The predicted molar refractivity (Wildman–Crippen MR) is 76.3 cm³/mol. The zero-order chi connectivity index (χ0) is 12.9. The molecule has 0 aromatic rings. The van der Waals surface area contributed by atoms with Gasteiger partial charge in [0.05, 0.1) is 11.1 Å². The summed E-state index contributed by atoms with van der Waals surface area (Å²) in [6.45, 7) is 7.32. The summed E-state index contributed by atoms with van der Waals surface area (Å²) in [7, 11) is 2.16. The molecule has 3 nitrogen and oxygen atoms in total. The van der Waals surface area contributed by atoms with E-state index in [1.807, 2.05) is 0 Å². The van der Waals surface area contributed by atoms with Gasteiger partial charge in [-0.15, -0.1) is 0 Å². The van der Waals surface area contributed by atoms with E-state index in [0.717, 1.165) is 32.5 Å². The van der Waals surface area contributed by atoms with Crippen LogP contribution in [0.15, 0.2) is 0 Å². The van der Waals surface area contributed by atoms with E-state index in [4.69, 9.17) is 22.7 Å². The molecule has 0 aliphatic carbocycles. The van der Waals surface area contributed by atoms with Gasteiger partial charge in [-0.25, -0.2) is 0 Å². The minimum absolute atomic E-state index is 0.0139. The van der Waals surface area contributed by atoms with Gasteiger partial charge in [0, 0.05) is 18.6 Å². The van der Waals surface area contributed by atoms with E-state index in [1.165, 1.54) is 12.8 Å². The molecule has 4 heteroatoms. The molecule has 1 aliphatic rings. The van der Waals surface area contributed by atoms with Gasteiger partial charge < -0.3 is 15.4 Å². The molecule has 1 atom stereocenters. The Morgan fingerprint density at radius 2 is 2.24 bits per heavy atom. The fourth-order valence-corrected chi connectivity index (χ4v) is 2.24. The number of hydrogen-bond acceptors (Lipinski definition) is 3. The van der Waals surface area contributed by atoms with E-state index < -0.39 is 0 Å². The van der Waals surface area contributed by atoms with Gasteiger partial charge in [-0.3, -0.25) is 0 Å². The molecule has 1 saturated heterocycles. The van der Waals surface area contributed by atoms with Crippen molar-refractivity contribution in [1.29, 1.82) is 0 Å². The van der Waals surface area contributed by atoms with Gasteiger partial charge in [-0.1, -0.05) is 26.1 Å². The Morgan fingerprint density at radius 1 is 1.53 bits per heavy atom. The molecule has 0 spiro atoms. The van der Waals surface area contributed by atoms with Crippen LogP contribution in [0.1, 0.15) is 39.5 Å². The monoisotopic (exact) mass is 258 g/mol. The van der Waals surface area contributed by atoms with Gasteiger partial charge in [0.25, 0.3) is 0 Å². The zero-order valence-corrected chi connectivity index (χ0v) is 12.2. The topological polar surface area (TPSA) is 38.5 Å². The lowest BCUT2D eigenvalue weighted by atomic mass is 9.88. The van der Waals surface area contributed by atoms with E-state index in [-0.39, 0.29) is 5.41 Å². The normalized spacial score (nSPS) is 21.1. The number of ether oxygens (including phenoxy) is 1. The predicted octanol–water partition coefficient (Wildman–Crippen LogP) is 2.19. The standard InChI is InChI=1S/C13H26N2OS/c1-13(2,12(14)17)7-5-8-15(3)10-11-6-4-9-16-11/h11H,4-10H2,1-3H3,(H2,14,17). The molecule has 1 aliphatic heterocycles. The average Bonchev–Trinajstić information content (AvgIpc) is 2.69. The summed E-state index contributed by atoms with van der Waals surface area (Å²) in [5.41, 5.74) is 5.70. The zero-order valence-electron chi connectivity index (χ0n) is 11.4. The fraction of sp³-hybridized carbons (Fsp3) is 0.923. The van der Waals surface area contributed by atoms with Gasteiger partial charge >= 0.3 is 0 Å². The molecule has 0 bridgehead atoms. The van der Waals surface area contributed by atoms with E-state index >= 15 is 0 Å². The minimum atomic E-state index is -0.0139. The molecule has 1 heterocycles. The number of rotatable bonds is 7. The van der Waals surface area contributed by atoms with Crippen LogP contribution in [0.5, 0.6) is 0 Å². The largest absolute Gasteiger partial charge is 0.393 e. The molecule has 0 radical (unpaired) electrons. The van der Waals surface area contributed by atoms with Crippen molar-refractivity contribution in [1.82, 2.24) is 4.90 Å². The summed E-state index contributed by atoms with van der Waals surface area (Å²) in [6.07, 6.45) is 5.06. The molecule has 1 fully saturated rings. The Balaban J connectivity index is 2.15. The third-order valence-corrected chi connectivity index (χ3v) is 4.10. The molecule has 2 N–H and O–H groups in total. The van der Waals surface area contributed by atoms with Crippen LogP contribution in [-0.2, 0) is 4.74 Å². The first-order valence-electron chi connectivity index (χ1n) is 6.52. The number of nitrogens with two attached hydrogens (primary N) is 1. The van der Waals surface area contributed by atoms with Crippen LogP contribution < -0.4 is 5.73 Å². The Kier molecular flexibility index (Phi) is 5.83. The summed E-state index contributed by atoms with van der Waals surface area (Å²) < 4.78 is 5.63. The van der Waals surface area contributed by atoms with Crippen molar-refractivity contribution >= 4 is 17.2 Å². The van der Waals surface area contributed by atoms with E-state index in [1.54, 1.807) is 0 Å². The highest BCUT2D eigenvalue weighted by Crippen LogP contribution is 2.22. The number of thiocarbonyl (C=S) groups is 1. The van der Waals surface area contributed by atoms with Gasteiger partial charge in [0.2, 0.25) is 0 Å². The second-order valence-corrected chi connectivity index (χ2v) is 6.19. The number of nitrogens with zero attached hydrogens (tertiary/aromatic N) is 1. The second kappa shape index (κ2) is 6.66. The quantitative estimate of drug-likeness (QED) is 0.711. The van der Waals surface area contributed by atoms with Crippen molar-refractivity contribution in [3.05, 3.63) is 0 Å². The van der Waals surface area contributed by atoms with Crippen molar-refractivity contribution in [2.45, 2.75) is 45.6 Å². The molecule has 1 unspecified atom stereocenters. The lowest BCUT2D eigenvalue weighted by Crippen LogP contribution is -2.33. The third-order valence-electron chi connectivity index (χ3n) is 3.55. The highest BCUT2D eigenvalue weighted by molar-refractivity contribution is 7.80. The van der Waals surface area contributed by atoms with Crippen molar-refractivity contribution in [2.24, 2.45) is 11.1 Å². The average molecular weight is 258 g/mol. The fourth-order valence-electron chi connectivity index (χ4n) is 2.14. The van der Waals surface area contributed by atoms with Crippen molar-refractivity contribution in [2.75, 3.05) is 26.7 Å².